The number of rotatable bonds is 5. The van der Waals surface area contributed by atoms with E-state index >= 15 is 0 Å². The van der Waals surface area contributed by atoms with Gasteiger partial charge in [-0.15, -0.1) is 0 Å². The molecule has 4 nitrogen and oxygen atoms in total. The quantitative estimate of drug-likeness (QED) is 0.388. The first-order valence-corrected chi connectivity index (χ1v) is 12.8. The van der Waals surface area contributed by atoms with E-state index in [-0.39, 0.29) is 22.9 Å². The van der Waals surface area contributed by atoms with E-state index in [1.54, 1.807) is 0 Å². The fourth-order valence-electron chi connectivity index (χ4n) is 5.74. The van der Waals surface area contributed by atoms with E-state index in [2.05, 4.69) is 5.32 Å². The molecule has 2 aliphatic rings. The van der Waals surface area contributed by atoms with Gasteiger partial charge >= 0.3 is 0 Å². The van der Waals surface area contributed by atoms with Crippen LogP contribution in [-0.4, -0.2) is 21.5 Å². The molecule has 0 spiro atoms. The summed E-state index contributed by atoms with van der Waals surface area (Å²) >= 11 is 6.40. The molecule has 0 radical (unpaired) electrons. The van der Waals surface area contributed by atoms with Gasteiger partial charge in [-0.25, -0.2) is 13.8 Å². The summed E-state index contributed by atoms with van der Waals surface area (Å²) in [5.74, 6) is -1.46. The van der Waals surface area contributed by atoms with Crippen LogP contribution in [0.15, 0.2) is 36.4 Å². The summed E-state index contributed by atoms with van der Waals surface area (Å²) in [6.07, 6.45) is 10.7. The van der Waals surface area contributed by atoms with Crippen molar-refractivity contribution in [2.45, 2.75) is 76.3 Å². The molecule has 1 N–H and O–H groups in total. The molecule has 1 amide bonds. The Morgan fingerprint density at radius 3 is 2.35 bits per heavy atom. The number of benzene rings is 2. The van der Waals surface area contributed by atoms with E-state index < -0.39 is 17.7 Å². The highest BCUT2D eigenvalue weighted by molar-refractivity contribution is 6.33. The Morgan fingerprint density at radius 1 is 0.971 bits per heavy atom. The predicted octanol–water partition coefficient (Wildman–Crippen LogP) is 7.21. The molecule has 2 saturated carbocycles. The molecule has 0 aliphatic heterocycles. The first-order chi connectivity index (χ1) is 16.5. The minimum absolute atomic E-state index is 0.0121. The van der Waals surface area contributed by atoms with Crippen LogP contribution in [0.4, 0.5) is 8.78 Å². The van der Waals surface area contributed by atoms with E-state index in [4.69, 9.17) is 16.6 Å². The van der Waals surface area contributed by atoms with E-state index in [1.807, 2.05) is 28.8 Å². The molecule has 2 aromatic carbocycles. The molecule has 1 unspecified atom stereocenters. The number of para-hydroxylation sites is 2. The van der Waals surface area contributed by atoms with Gasteiger partial charge in [-0.3, -0.25) is 4.79 Å². The second-order valence-corrected chi connectivity index (χ2v) is 10.1. The standard InChI is InChI=1S/C27H30ClF2N3O/c28-20-16-22(30)21(29)15-19(20)26-32-23-13-7-8-14-24(23)33(26)25(17-9-3-1-4-10-17)27(34)31-18-11-5-2-6-12-18/h7-8,13-18,25H,1-6,9-12H2,(H,31,34). The van der Waals surface area contributed by atoms with Crippen LogP contribution in [0.1, 0.15) is 70.3 Å². The molecule has 1 atom stereocenters. The molecule has 1 aromatic heterocycles. The van der Waals surface area contributed by atoms with Crippen LogP contribution in [-0.2, 0) is 4.79 Å². The summed E-state index contributed by atoms with van der Waals surface area (Å²) in [5, 5.41) is 3.40. The summed E-state index contributed by atoms with van der Waals surface area (Å²) in [5.41, 5.74) is 1.79. The van der Waals surface area contributed by atoms with E-state index in [0.29, 0.717) is 16.9 Å². The minimum atomic E-state index is -1.00. The van der Waals surface area contributed by atoms with Gasteiger partial charge in [0.05, 0.1) is 16.1 Å². The van der Waals surface area contributed by atoms with Crippen molar-refractivity contribution in [1.29, 1.82) is 0 Å². The van der Waals surface area contributed by atoms with Gasteiger partial charge in [-0.1, -0.05) is 62.3 Å². The summed E-state index contributed by atoms with van der Waals surface area (Å²) in [6, 6.07) is 9.36. The Hall–Kier alpha value is -2.47. The Balaban J connectivity index is 1.65. The summed E-state index contributed by atoms with van der Waals surface area (Å²) in [7, 11) is 0. The van der Waals surface area contributed by atoms with E-state index in [0.717, 1.165) is 69.0 Å². The van der Waals surface area contributed by atoms with Gasteiger partial charge in [0.15, 0.2) is 11.6 Å². The highest BCUT2D eigenvalue weighted by atomic mass is 35.5. The SMILES string of the molecule is O=C(NC1CCCCC1)C(C1CCCCC1)n1c(-c2cc(F)c(F)cc2Cl)nc2ccccc21. The maximum Gasteiger partial charge on any atom is 0.243 e. The van der Waals surface area contributed by atoms with Crippen molar-refractivity contribution < 1.29 is 13.6 Å². The predicted molar refractivity (Wildman–Crippen MR) is 131 cm³/mol. The second-order valence-electron chi connectivity index (χ2n) is 9.73. The third kappa shape index (κ3) is 4.57. The first kappa shape index (κ1) is 23.3. The highest BCUT2D eigenvalue weighted by Crippen LogP contribution is 2.40. The van der Waals surface area contributed by atoms with Gasteiger partial charge in [0.1, 0.15) is 11.9 Å². The third-order valence-electron chi connectivity index (χ3n) is 7.44. The molecule has 5 rings (SSSR count). The Bertz CT molecular complexity index is 1180. The number of amides is 1. The molecule has 34 heavy (non-hydrogen) atoms. The number of hydrogen-bond donors (Lipinski definition) is 1. The zero-order chi connectivity index (χ0) is 23.7. The third-order valence-corrected chi connectivity index (χ3v) is 7.75. The van der Waals surface area contributed by atoms with Gasteiger partial charge in [0.25, 0.3) is 0 Å². The maximum atomic E-state index is 14.3. The van der Waals surface area contributed by atoms with Crippen LogP contribution in [0.3, 0.4) is 0 Å². The number of carbonyl (C=O) groups excluding carboxylic acids is 1. The molecule has 2 fully saturated rings. The Morgan fingerprint density at radius 2 is 1.62 bits per heavy atom. The summed E-state index contributed by atoms with van der Waals surface area (Å²) in [6.45, 7) is 0. The molecular formula is C27H30ClF2N3O. The molecule has 0 saturated heterocycles. The van der Waals surface area contributed by atoms with Crippen molar-refractivity contribution in [3.8, 4) is 11.4 Å². The smallest absolute Gasteiger partial charge is 0.243 e. The number of nitrogens with zero attached hydrogens (tertiary/aromatic N) is 2. The first-order valence-electron chi connectivity index (χ1n) is 12.4. The van der Waals surface area contributed by atoms with Crippen molar-refractivity contribution in [3.63, 3.8) is 0 Å². The fraction of sp³-hybridized carbons (Fsp3) is 0.481. The Kier molecular flexibility index (Phi) is 6.87. The highest BCUT2D eigenvalue weighted by Gasteiger charge is 2.35. The van der Waals surface area contributed by atoms with Gasteiger partial charge < -0.3 is 9.88 Å². The summed E-state index contributed by atoms with van der Waals surface area (Å²) < 4.78 is 30.1. The van der Waals surface area contributed by atoms with Gasteiger partial charge in [-0.05, 0) is 55.9 Å². The average Bonchev–Trinajstić information content (AvgIpc) is 3.22. The molecule has 2 aliphatic carbocycles. The van der Waals surface area contributed by atoms with E-state index in [9.17, 15) is 13.6 Å². The maximum absolute atomic E-state index is 14.3. The Labute approximate surface area is 203 Å². The topological polar surface area (TPSA) is 46.9 Å². The molecule has 0 bridgehead atoms. The summed E-state index contributed by atoms with van der Waals surface area (Å²) in [4.78, 5) is 18.7. The van der Waals surface area contributed by atoms with Crippen LogP contribution < -0.4 is 5.32 Å². The van der Waals surface area contributed by atoms with Crippen molar-refractivity contribution in [3.05, 3.63) is 53.1 Å². The van der Waals surface area contributed by atoms with Gasteiger partial charge in [0.2, 0.25) is 5.91 Å². The molecule has 3 aromatic rings. The minimum Gasteiger partial charge on any atom is -0.352 e. The zero-order valence-electron chi connectivity index (χ0n) is 19.2. The van der Waals surface area contributed by atoms with Crippen LogP contribution in [0.5, 0.6) is 0 Å². The van der Waals surface area contributed by atoms with Crippen molar-refractivity contribution in [2.24, 2.45) is 5.92 Å². The number of hydrogen-bond acceptors (Lipinski definition) is 2. The van der Waals surface area contributed by atoms with Gasteiger partial charge in [0, 0.05) is 11.6 Å². The molecule has 180 valence electrons. The number of fused-ring (bicyclic) bond motifs is 1. The fourth-order valence-corrected chi connectivity index (χ4v) is 5.97. The number of aromatic nitrogens is 2. The van der Waals surface area contributed by atoms with E-state index in [1.165, 1.54) is 12.8 Å². The normalized spacial score (nSPS) is 18.8. The lowest BCUT2D eigenvalue weighted by atomic mass is 9.82. The lowest BCUT2D eigenvalue weighted by Crippen LogP contribution is -2.43. The van der Waals surface area contributed by atoms with Crippen molar-refractivity contribution >= 4 is 28.5 Å². The number of halogens is 3. The molecular weight excluding hydrogens is 456 g/mol. The zero-order valence-corrected chi connectivity index (χ0v) is 20.0. The van der Waals surface area contributed by atoms with Gasteiger partial charge in [-0.2, -0.15) is 0 Å². The average molecular weight is 486 g/mol. The van der Waals surface area contributed by atoms with Crippen LogP contribution in [0, 0.1) is 17.6 Å². The number of imidazole rings is 1. The lowest BCUT2D eigenvalue weighted by molar-refractivity contribution is -0.127. The monoisotopic (exact) mass is 485 g/mol. The number of nitrogens with one attached hydrogen (secondary N) is 1. The van der Waals surface area contributed by atoms with Crippen LogP contribution in [0.25, 0.3) is 22.4 Å². The lowest BCUT2D eigenvalue weighted by Gasteiger charge is -2.34. The molecule has 7 heteroatoms. The number of carbonyl (C=O) groups is 1. The second kappa shape index (κ2) is 10.0. The van der Waals surface area contributed by atoms with Crippen molar-refractivity contribution in [1.82, 2.24) is 14.9 Å². The van der Waals surface area contributed by atoms with Crippen molar-refractivity contribution in [2.75, 3.05) is 0 Å². The molecule has 1 heterocycles. The van der Waals surface area contributed by atoms with Crippen LogP contribution in [0.2, 0.25) is 5.02 Å². The largest absolute Gasteiger partial charge is 0.352 e. The van der Waals surface area contributed by atoms with Crippen LogP contribution >= 0.6 is 11.6 Å².